The van der Waals surface area contributed by atoms with E-state index in [2.05, 4.69) is 21.9 Å². The second-order valence-electron chi connectivity index (χ2n) is 8.34. The summed E-state index contributed by atoms with van der Waals surface area (Å²) in [5.41, 5.74) is 1.76. The van der Waals surface area contributed by atoms with Gasteiger partial charge in [-0.2, -0.15) is 0 Å². The second-order valence-corrected chi connectivity index (χ2v) is 10.4. The number of unbranched alkanes of at least 4 members (excludes halogenated alkanes) is 1. The third-order valence-corrected chi connectivity index (χ3v) is 7.24. The number of aryl methyl sites for hydroxylation is 1. The normalized spacial score (nSPS) is 15.7. The molecule has 1 heterocycles. The zero-order chi connectivity index (χ0) is 23.8. The quantitative estimate of drug-likeness (QED) is 0.523. The Balaban J connectivity index is 1.67. The van der Waals surface area contributed by atoms with Gasteiger partial charge in [0.1, 0.15) is 0 Å². The number of carbonyl (C=O) groups is 1. The van der Waals surface area contributed by atoms with Gasteiger partial charge < -0.3 is 10.1 Å². The highest BCUT2D eigenvalue weighted by Crippen LogP contribution is 2.23. The molecule has 2 aromatic carbocycles. The fraction of sp³-hybridized carbons (Fsp3) is 0.458. The maximum Gasteiger partial charge on any atom is 0.261 e. The molecule has 0 aliphatic carbocycles. The Morgan fingerprint density at radius 2 is 1.85 bits per heavy atom. The lowest BCUT2D eigenvalue weighted by Gasteiger charge is -2.29. The Kier molecular flexibility index (Phi) is 9.14. The molecule has 1 amide bonds. The van der Waals surface area contributed by atoms with E-state index in [4.69, 9.17) is 16.3 Å². The molecule has 1 fully saturated rings. The number of amides is 1. The highest BCUT2D eigenvalue weighted by molar-refractivity contribution is 7.92. The Morgan fingerprint density at radius 1 is 1.15 bits per heavy atom. The van der Waals surface area contributed by atoms with Crippen molar-refractivity contribution < 1.29 is 17.9 Å². The van der Waals surface area contributed by atoms with Crippen LogP contribution in [-0.2, 0) is 21.2 Å². The van der Waals surface area contributed by atoms with Crippen LogP contribution in [0, 0.1) is 0 Å². The minimum Gasteiger partial charge on any atom is -0.379 e. The van der Waals surface area contributed by atoms with Gasteiger partial charge in [-0.05, 0) is 55.7 Å². The van der Waals surface area contributed by atoms with Crippen molar-refractivity contribution in [3.63, 3.8) is 0 Å². The molecule has 1 unspecified atom stereocenters. The summed E-state index contributed by atoms with van der Waals surface area (Å²) in [7, 11) is -3.88. The zero-order valence-electron chi connectivity index (χ0n) is 19.1. The van der Waals surface area contributed by atoms with Gasteiger partial charge in [0, 0.05) is 31.4 Å². The molecule has 2 aromatic rings. The van der Waals surface area contributed by atoms with E-state index in [1.54, 1.807) is 12.1 Å². The van der Waals surface area contributed by atoms with Crippen LogP contribution in [0.2, 0.25) is 5.02 Å². The molecule has 0 spiro atoms. The van der Waals surface area contributed by atoms with E-state index >= 15 is 0 Å². The Bertz CT molecular complexity index is 1040. The lowest BCUT2D eigenvalue weighted by atomic mass is 10.1. The summed E-state index contributed by atoms with van der Waals surface area (Å²) in [6, 6.07) is 11.4. The van der Waals surface area contributed by atoms with Crippen molar-refractivity contribution in [2.75, 3.05) is 37.6 Å². The first-order valence-electron chi connectivity index (χ1n) is 11.3. The van der Waals surface area contributed by atoms with Crippen LogP contribution in [0.1, 0.15) is 42.6 Å². The Labute approximate surface area is 201 Å². The summed E-state index contributed by atoms with van der Waals surface area (Å²) in [6.07, 6.45) is 3.15. The molecular formula is C24H32ClN3O4S. The van der Waals surface area contributed by atoms with Crippen LogP contribution in [0.15, 0.2) is 47.4 Å². The fourth-order valence-electron chi connectivity index (χ4n) is 3.70. The van der Waals surface area contributed by atoms with E-state index in [1.807, 2.05) is 19.1 Å². The molecule has 7 nitrogen and oxygen atoms in total. The number of carbonyl (C=O) groups excluding carboxylic acids is 1. The predicted octanol–water partition coefficient (Wildman–Crippen LogP) is 3.93. The van der Waals surface area contributed by atoms with Crippen LogP contribution in [0.25, 0.3) is 0 Å². The van der Waals surface area contributed by atoms with Gasteiger partial charge in [-0.1, -0.05) is 37.1 Å². The Hall–Kier alpha value is -2.13. The summed E-state index contributed by atoms with van der Waals surface area (Å²) in [5, 5.41) is 3.11. The summed E-state index contributed by atoms with van der Waals surface area (Å²) >= 11 is 6.23. The molecular weight excluding hydrogens is 462 g/mol. The largest absolute Gasteiger partial charge is 0.379 e. The monoisotopic (exact) mass is 493 g/mol. The first-order chi connectivity index (χ1) is 15.8. The van der Waals surface area contributed by atoms with Gasteiger partial charge >= 0.3 is 0 Å². The van der Waals surface area contributed by atoms with Gasteiger partial charge in [0.25, 0.3) is 15.9 Å². The number of anilines is 1. The number of rotatable bonds is 10. The van der Waals surface area contributed by atoms with Gasteiger partial charge in [0.05, 0.1) is 28.7 Å². The first-order valence-corrected chi connectivity index (χ1v) is 13.2. The molecule has 0 radical (unpaired) electrons. The highest BCUT2D eigenvalue weighted by atomic mass is 35.5. The number of halogens is 1. The average Bonchev–Trinajstić information content (AvgIpc) is 2.79. The Morgan fingerprint density at radius 3 is 2.52 bits per heavy atom. The van der Waals surface area contributed by atoms with Crippen LogP contribution in [-0.4, -0.2) is 58.1 Å². The molecule has 1 atom stereocenters. The number of nitrogens with one attached hydrogen (secondary N) is 2. The van der Waals surface area contributed by atoms with Crippen molar-refractivity contribution in [2.24, 2.45) is 0 Å². The van der Waals surface area contributed by atoms with Crippen molar-refractivity contribution in [2.45, 2.75) is 44.0 Å². The molecule has 9 heteroatoms. The summed E-state index contributed by atoms with van der Waals surface area (Å²) in [5.74, 6) is -0.405. The van der Waals surface area contributed by atoms with Crippen LogP contribution in [0.5, 0.6) is 0 Å². The van der Waals surface area contributed by atoms with Gasteiger partial charge in [0.2, 0.25) is 0 Å². The van der Waals surface area contributed by atoms with Gasteiger partial charge in [-0.3, -0.25) is 14.4 Å². The molecule has 0 saturated carbocycles. The molecule has 1 aliphatic rings. The van der Waals surface area contributed by atoms with E-state index < -0.39 is 15.9 Å². The first kappa shape index (κ1) is 25.5. The van der Waals surface area contributed by atoms with Crippen LogP contribution >= 0.6 is 11.6 Å². The lowest BCUT2D eigenvalue weighted by molar-refractivity contribution is 0.0342. The number of ether oxygens (including phenoxy) is 1. The van der Waals surface area contributed by atoms with Crippen molar-refractivity contribution in [3.05, 3.63) is 58.6 Å². The third kappa shape index (κ3) is 7.43. The number of nitrogens with zero attached hydrogens (tertiary/aromatic N) is 1. The number of sulfonamides is 1. The van der Waals surface area contributed by atoms with Crippen molar-refractivity contribution in [1.29, 1.82) is 0 Å². The molecule has 0 bridgehead atoms. The van der Waals surface area contributed by atoms with Crippen molar-refractivity contribution in [1.82, 2.24) is 10.2 Å². The highest BCUT2D eigenvalue weighted by Gasteiger charge is 2.21. The molecule has 1 saturated heterocycles. The molecule has 1 aliphatic heterocycles. The fourth-order valence-corrected chi connectivity index (χ4v) is 4.99. The summed E-state index contributed by atoms with van der Waals surface area (Å²) in [6.45, 7) is 7.73. The lowest BCUT2D eigenvalue weighted by Crippen LogP contribution is -2.46. The molecule has 3 rings (SSSR count). The number of hydrogen-bond acceptors (Lipinski definition) is 5. The van der Waals surface area contributed by atoms with Crippen molar-refractivity contribution in [3.8, 4) is 0 Å². The predicted molar refractivity (Wildman–Crippen MR) is 132 cm³/mol. The van der Waals surface area contributed by atoms with E-state index in [-0.39, 0.29) is 21.5 Å². The minimum absolute atomic E-state index is 0.0204. The smallest absolute Gasteiger partial charge is 0.261 e. The van der Waals surface area contributed by atoms with Crippen LogP contribution in [0.3, 0.4) is 0 Å². The molecule has 180 valence electrons. The van der Waals surface area contributed by atoms with Gasteiger partial charge in [-0.25, -0.2) is 8.42 Å². The number of morpholine rings is 1. The summed E-state index contributed by atoms with van der Waals surface area (Å²) < 4.78 is 33.8. The van der Waals surface area contributed by atoms with E-state index in [0.717, 1.165) is 37.9 Å². The van der Waals surface area contributed by atoms with Crippen molar-refractivity contribution >= 4 is 33.2 Å². The van der Waals surface area contributed by atoms with Crippen LogP contribution < -0.4 is 10.0 Å². The van der Waals surface area contributed by atoms with E-state index in [1.165, 1.54) is 18.2 Å². The number of benzene rings is 2. The molecule has 0 aromatic heterocycles. The van der Waals surface area contributed by atoms with Gasteiger partial charge in [0.15, 0.2) is 0 Å². The zero-order valence-corrected chi connectivity index (χ0v) is 20.7. The van der Waals surface area contributed by atoms with E-state index in [0.29, 0.717) is 25.4 Å². The minimum atomic E-state index is -3.88. The third-order valence-electron chi connectivity index (χ3n) is 5.53. The topological polar surface area (TPSA) is 87.7 Å². The van der Waals surface area contributed by atoms with Crippen LogP contribution in [0.4, 0.5) is 5.69 Å². The second kappa shape index (κ2) is 11.8. The molecule has 2 N–H and O–H groups in total. The summed E-state index contributed by atoms with van der Waals surface area (Å²) in [4.78, 5) is 15.0. The van der Waals surface area contributed by atoms with E-state index in [9.17, 15) is 13.2 Å². The SMILES string of the molecule is CCCCc1ccc(NS(=O)(=O)c2ccc(Cl)c(C(=O)NC(C)CN3CCOCC3)c2)cc1. The average molecular weight is 494 g/mol. The number of hydrogen-bond donors (Lipinski definition) is 2. The van der Waals surface area contributed by atoms with Gasteiger partial charge in [-0.15, -0.1) is 0 Å². The maximum absolute atomic E-state index is 12.9. The molecule has 33 heavy (non-hydrogen) atoms. The maximum atomic E-state index is 12.9. The standard InChI is InChI=1S/C24H32ClN3O4S/c1-3-4-5-19-6-8-20(9-7-19)27-33(30,31)21-10-11-23(25)22(16-21)24(29)26-18(2)17-28-12-14-32-15-13-28/h6-11,16,18,27H,3-5,12-15,17H2,1-2H3,(H,26,29).